The fourth-order valence-corrected chi connectivity index (χ4v) is 1.49. The standard InChI is InChI=1S/C10H18O/c1-8(2)10(11)6-4-9(3)5-7-10/h4,8,11H,5-7H2,1-3H3/t10-/m0/s1. The summed E-state index contributed by atoms with van der Waals surface area (Å²) in [5.41, 5.74) is 1.01. The Morgan fingerprint density at radius 3 is 2.55 bits per heavy atom. The Kier molecular flexibility index (Phi) is 2.38. The lowest BCUT2D eigenvalue weighted by Crippen LogP contribution is -2.36. The van der Waals surface area contributed by atoms with Crippen LogP contribution in [-0.2, 0) is 0 Å². The molecule has 0 radical (unpaired) electrons. The van der Waals surface area contributed by atoms with Crippen molar-refractivity contribution in [2.45, 2.75) is 45.6 Å². The van der Waals surface area contributed by atoms with Crippen molar-refractivity contribution < 1.29 is 5.11 Å². The predicted octanol–water partition coefficient (Wildman–Crippen LogP) is 2.50. The lowest BCUT2D eigenvalue weighted by Gasteiger charge is -2.34. The number of rotatable bonds is 1. The topological polar surface area (TPSA) is 20.2 Å². The average Bonchev–Trinajstić information content (AvgIpc) is 1.95. The number of aliphatic hydroxyl groups is 1. The van der Waals surface area contributed by atoms with E-state index in [0.29, 0.717) is 5.92 Å². The summed E-state index contributed by atoms with van der Waals surface area (Å²) in [7, 11) is 0. The van der Waals surface area contributed by atoms with Crippen LogP contribution in [0.1, 0.15) is 40.0 Å². The Hall–Kier alpha value is -0.300. The van der Waals surface area contributed by atoms with Crippen LogP contribution in [-0.4, -0.2) is 10.7 Å². The van der Waals surface area contributed by atoms with E-state index in [4.69, 9.17) is 0 Å². The first-order chi connectivity index (χ1) is 5.04. The van der Waals surface area contributed by atoms with E-state index in [1.165, 1.54) is 5.57 Å². The van der Waals surface area contributed by atoms with Gasteiger partial charge in [0.25, 0.3) is 0 Å². The van der Waals surface area contributed by atoms with E-state index in [-0.39, 0.29) is 0 Å². The van der Waals surface area contributed by atoms with Gasteiger partial charge in [-0.2, -0.15) is 0 Å². The van der Waals surface area contributed by atoms with Crippen molar-refractivity contribution in [3.05, 3.63) is 11.6 Å². The van der Waals surface area contributed by atoms with Crippen LogP contribution in [0.15, 0.2) is 11.6 Å². The van der Waals surface area contributed by atoms with Crippen LogP contribution in [0.5, 0.6) is 0 Å². The van der Waals surface area contributed by atoms with Crippen molar-refractivity contribution >= 4 is 0 Å². The van der Waals surface area contributed by atoms with Crippen molar-refractivity contribution in [2.75, 3.05) is 0 Å². The number of hydrogen-bond acceptors (Lipinski definition) is 1. The van der Waals surface area contributed by atoms with E-state index in [1.54, 1.807) is 0 Å². The fourth-order valence-electron chi connectivity index (χ4n) is 1.49. The summed E-state index contributed by atoms with van der Waals surface area (Å²) in [5, 5.41) is 10.0. The highest BCUT2D eigenvalue weighted by Gasteiger charge is 2.31. The van der Waals surface area contributed by atoms with Gasteiger partial charge in [0.15, 0.2) is 0 Å². The predicted molar refractivity (Wildman–Crippen MR) is 47.4 cm³/mol. The van der Waals surface area contributed by atoms with Gasteiger partial charge in [0.1, 0.15) is 0 Å². The quantitative estimate of drug-likeness (QED) is 0.575. The zero-order chi connectivity index (χ0) is 8.48. The summed E-state index contributed by atoms with van der Waals surface area (Å²) < 4.78 is 0. The van der Waals surface area contributed by atoms with Gasteiger partial charge >= 0.3 is 0 Å². The molecule has 1 nitrogen and oxygen atoms in total. The van der Waals surface area contributed by atoms with Crippen molar-refractivity contribution in [1.82, 2.24) is 0 Å². The van der Waals surface area contributed by atoms with Crippen LogP contribution in [0.2, 0.25) is 0 Å². The average molecular weight is 154 g/mol. The van der Waals surface area contributed by atoms with Gasteiger partial charge in [-0.1, -0.05) is 25.5 Å². The van der Waals surface area contributed by atoms with Gasteiger partial charge in [0.2, 0.25) is 0 Å². The van der Waals surface area contributed by atoms with E-state index in [1.807, 2.05) is 0 Å². The van der Waals surface area contributed by atoms with Crippen LogP contribution in [0, 0.1) is 5.92 Å². The van der Waals surface area contributed by atoms with Crippen molar-refractivity contribution in [2.24, 2.45) is 5.92 Å². The van der Waals surface area contributed by atoms with Gasteiger partial charge in [-0.15, -0.1) is 0 Å². The Labute approximate surface area is 69.1 Å². The third kappa shape index (κ3) is 1.84. The molecule has 0 spiro atoms. The molecular formula is C10H18O. The van der Waals surface area contributed by atoms with Crippen molar-refractivity contribution in [1.29, 1.82) is 0 Å². The zero-order valence-corrected chi connectivity index (χ0v) is 7.72. The molecule has 0 bridgehead atoms. The SMILES string of the molecule is CC1=CC[C@@](O)(C(C)C)CC1. The zero-order valence-electron chi connectivity index (χ0n) is 7.72. The van der Waals surface area contributed by atoms with Gasteiger partial charge in [-0.3, -0.25) is 0 Å². The lowest BCUT2D eigenvalue weighted by molar-refractivity contribution is -0.0140. The highest BCUT2D eigenvalue weighted by atomic mass is 16.3. The van der Waals surface area contributed by atoms with Crippen LogP contribution in [0.3, 0.4) is 0 Å². The molecule has 0 heterocycles. The number of hydrogen-bond donors (Lipinski definition) is 1. The van der Waals surface area contributed by atoms with Gasteiger partial charge in [0.05, 0.1) is 5.60 Å². The number of allylic oxidation sites excluding steroid dienone is 1. The minimum Gasteiger partial charge on any atom is -0.389 e. The summed E-state index contributed by atoms with van der Waals surface area (Å²) in [5.74, 6) is 0.381. The molecule has 1 aliphatic carbocycles. The maximum absolute atomic E-state index is 10.0. The Bertz CT molecular complexity index is 170. The second-order valence-corrected chi connectivity index (χ2v) is 4.01. The molecule has 1 atom stereocenters. The van der Waals surface area contributed by atoms with Crippen LogP contribution >= 0.6 is 0 Å². The fraction of sp³-hybridized carbons (Fsp3) is 0.800. The molecule has 0 aromatic carbocycles. The Morgan fingerprint density at radius 2 is 2.18 bits per heavy atom. The third-order valence-corrected chi connectivity index (χ3v) is 2.83. The molecule has 1 rings (SSSR count). The van der Waals surface area contributed by atoms with Gasteiger partial charge in [0, 0.05) is 0 Å². The smallest absolute Gasteiger partial charge is 0.0707 e. The molecule has 1 aliphatic rings. The monoisotopic (exact) mass is 154 g/mol. The highest BCUT2D eigenvalue weighted by Crippen LogP contribution is 2.32. The molecule has 11 heavy (non-hydrogen) atoms. The molecule has 1 N–H and O–H groups in total. The second kappa shape index (κ2) is 2.98. The Morgan fingerprint density at radius 1 is 1.55 bits per heavy atom. The van der Waals surface area contributed by atoms with E-state index >= 15 is 0 Å². The van der Waals surface area contributed by atoms with Crippen molar-refractivity contribution in [3.8, 4) is 0 Å². The first-order valence-electron chi connectivity index (χ1n) is 4.42. The summed E-state index contributed by atoms with van der Waals surface area (Å²) in [6.07, 6.45) is 5.02. The summed E-state index contributed by atoms with van der Waals surface area (Å²) in [6.45, 7) is 6.32. The molecule has 0 amide bonds. The van der Waals surface area contributed by atoms with Crippen molar-refractivity contribution in [3.63, 3.8) is 0 Å². The molecule has 0 aromatic heterocycles. The largest absolute Gasteiger partial charge is 0.389 e. The Balaban J connectivity index is 2.64. The normalized spacial score (nSPS) is 32.3. The van der Waals surface area contributed by atoms with Crippen LogP contribution in [0.25, 0.3) is 0 Å². The summed E-state index contributed by atoms with van der Waals surface area (Å²) in [6, 6.07) is 0. The second-order valence-electron chi connectivity index (χ2n) is 4.01. The van der Waals surface area contributed by atoms with Crippen LogP contribution < -0.4 is 0 Å². The molecule has 1 heteroatoms. The first kappa shape index (κ1) is 8.79. The van der Waals surface area contributed by atoms with Gasteiger partial charge < -0.3 is 5.11 Å². The highest BCUT2D eigenvalue weighted by molar-refractivity contribution is 5.08. The van der Waals surface area contributed by atoms with Gasteiger partial charge in [-0.05, 0) is 32.1 Å². The molecule has 0 unspecified atom stereocenters. The maximum atomic E-state index is 10.0. The first-order valence-corrected chi connectivity index (χ1v) is 4.42. The molecule has 0 saturated heterocycles. The maximum Gasteiger partial charge on any atom is 0.0707 e. The minimum absolute atomic E-state index is 0.381. The van der Waals surface area contributed by atoms with Gasteiger partial charge in [-0.25, -0.2) is 0 Å². The van der Waals surface area contributed by atoms with E-state index < -0.39 is 5.60 Å². The molecular weight excluding hydrogens is 136 g/mol. The lowest BCUT2D eigenvalue weighted by atomic mass is 9.78. The minimum atomic E-state index is -0.417. The molecule has 0 aliphatic heterocycles. The third-order valence-electron chi connectivity index (χ3n) is 2.83. The van der Waals surface area contributed by atoms with E-state index in [9.17, 15) is 5.11 Å². The molecule has 0 aromatic rings. The van der Waals surface area contributed by atoms with Crippen LogP contribution in [0.4, 0.5) is 0 Å². The molecule has 64 valence electrons. The molecule has 0 saturated carbocycles. The summed E-state index contributed by atoms with van der Waals surface area (Å²) >= 11 is 0. The van der Waals surface area contributed by atoms with E-state index in [0.717, 1.165) is 19.3 Å². The molecule has 0 fully saturated rings. The summed E-state index contributed by atoms with van der Waals surface area (Å²) in [4.78, 5) is 0. The van der Waals surface area contributed by atoms with E-state index in [2.05, 4.69) is 26.8 Å².